The van der Waals surface area contributed by atoms with E-state index in [2.05, 4.69) is 25.7 Å². The van der Waals surface area contributed by atoms with Gasteiger partial charge in [0.25, 0.3) is 0 Å². The Morgan fingerprint density at radius 2 is 2.18 bits per heavy atom. The molecule has 0 bridgehead atoms. The fourth-order valence-electron chi connectivity index (χ4n) is 1.82. The van der Waals surface area contributed by atoms with E-state index >= 15 is 0 Å². The van der Waals surface area contributed by atoms with E-state index in [-0.39, 0.29) is 11.1 Å². The number of hydrogen-bond acceptors (Lipinski definition) is 5. The molecule has 2 aromatic heterocycles. The molecule has 0 saturated carbocycles. The predicted molar refractivity (Wildman–Crippen MR) is 70.5 cm³/mol. The Labute approximate surface area is 129 Å². The van der Waals surface area contributed by atoms with Crippen LogP contribution < -0.4 is 0 Å². The predicted octanol–water partition coefficient (Wildman–Crippen LogP) is 3.20. The highest BCUT2D eigenvalue weighted by Crippen LogP contribution is 2.36. The van der Waals surface area contributed by atoms with E-state index in [0.717, 1.165) is 12.3 Å². The molecule has 0 aliphatic rings. The number of pyridine rings is 1. The van der Waals surface area contributed by atoms with Gasteiger partial charge in [0, 0.05) is 0 Å². The van der Waals surface area contributed by atoms with Crippen LogP contribution in [-0.4, -0.2) is 26.9 Å². The van der Waals surface area contributed by atoms with Crippen LogP contribution in [0.1, 0.15) is 23.0 Å². The molecule has 2 heterocycles. The normalized spacial score (nSPS) is 11.7. The smallest absolute Gasteiger partial charge is 0.422 e. The molecule has 0 aliphatic heterocycles. The molecule has 0 aromatic carbocycles. The largest absolute Gasteiger partial charge is 0.461 e. The number of nitrogens with zero attached hydrogens (tertiary/aromatic N) is 3. The monoisotopic (exact) mass is 381 g/mol. The molecule has 2 aromatic rings. The first-order chi connectivity index (χ1) is 10.2. The second-order valence-corrected chi connectivity index (χ2v) is 4.94. The fourth-order valence-corrected chi connectivity index (χ4v) is 2.25. The van der Waals surface area contributed by atoms with Crippen molar-refractivity contribution >= 4 is 33.4 Å². The van der Waals surface area contributed by atoms with Crippen molar-refractivity contribution in [2.75, 3.05) is 6.61 Å². The Bertz CT molecular complexity index is 772. The summed E-state index contributed by atoms with van der Waals surface area (Å²) in [6.07, 6.45) is -3.77. The maximum atomic E-state index is 13.0. The van der Waals surface area contributed by atoms with Crippen LogP contribution in [0.15, 0.2) is 16.7 Å². The summed E-state index contributed by atoms with van der Waals surface area (Å²) in [5.74, 6) is -2.05. The quantitative estimate of drug-likeness (QED) is 0.462. The molecule has 0 N–H and O–H groups in total. The molecule has 0 spiro atoms. The van der Waals surface area contributed by atoms with Crippen LogP contribution in [0.25, 0.3) is 5.65 Å². The molecule has 0 unspecified atom stereocenters. The van der Waals surface area contributed by atoms with Crippen LogP contribution in [0.5, 0.6) is 0 Å². The molecule has 7 nitrogen and oxygen atoms in total. The first-order valence-electron chi connectivity index (χ1n) is 5.77. The van der Waals surface area contributed by atoms with Crippen LogP contribution in [0, 0.1) is 10.1 Å². The minimum absolute atomic E-state index is 0.0526. The Hall–Kier alpha value is -2.17. The third kappa shape index (κ3) is 2.75. The number of carbonyl (C=O) groups excluding carboxylic acids is 1. The molecule has 0 saturated heterocycles. The van der Waals surface area contributed by atoms with Gasteiger partial charge in [0.15, 0.2) is 0 Å². The summed E-state index contributed by atoms with van der Waals surface area (Å²) < 4.78 is 44.2. The van der Waals surface area contributed by atoms with Gasteiger partial charge in [-0.05, 0) is 33.8 Å². The second kappa shape index (κ2) is 5.55. The molecule has 2 rings (SSSR count). The molecule has 0 atom stereocenters. The lowest BCUT2D eigenvalue weighted by molar-refractivity contribution is -0.390. The highest BCUT2D eigenvalue weighted by Gasteiger charge is 2.39. The van der Waals surface area contributed by atoms with Gasteiger partial charge in [0.2, 0.25) is 11.3 Å². The van der Waals surface area contributed by atoms with Crippen molar-refractivity contribution < 1.29 is 27.6 Å². The maximum Gasteiger partial charge on any atom is 0.422 e. The maximum absolute atomic E-state index is 13.0. The number of halogens is 4. The number of fused-ring (bicyclic) bond motifs is 1. The van der Waals surface area contributed by atoms with Crippen LogP contribution in [0.4, 0.5) is 19.0 Å². The molecular weight excluding hydrogens is 375 g/mol. The molecule has 22 heavy (non-hydrogen) atoms. The molecule has 0 fully saturated rings. The first kappa shape index (κ1) is 16.2. The zero-order valence-electron chi connectivity index (χ0n) is 10.8. The standard InChI is InChI=1S/C11H7BrF3N3O4/c1-2-22-10(19)7-9(18(20)21)17-4-5(12)3-6(8(17)16-7)11(13,14)15/h3-4H,2H2,1H3. The van der Waals surface area contributed by atoms with Gasteiger partial charge in [-0.2, -0.15) is 22.6 Å². The van der Waals surface area contributed by atoms with Crippen molar-refractivity contribution in [1.29, 1.82) is 0 Å². The molecule has 0 aliphatic carbocycles. The van der Waals surface area contributed by atoms with Crippen molar-refractivity contribution in [2.45, 2.75) is 13.1 Å². The van der Waals surface area contributed by atoms with Crippen molar-refractivity contribution in [3.8, 4) is 0 Å². The Balaban J connectivity index is 2.86. The first-order valence-corrected chi connectivity index (χ1v) is 6.56. The minimum Gasteiger partial charge on any atom is -0.461 e. The third-order valence-corrected chi connectivity index (χ3v) is 3.04. The van der Waals surface area contributed by atoms with E-state index in [9.17, 15) is 28.1 Å². The van der Waals surface area contributed by atoms with E-state index in [0.29, 0.717) is 4.40 Å². The lowest BCUT2D eigenvalue weighted by Gasteiger charge is -2.06. The van der Waals surface area contributed by atoms with E-state index in [1.54, 1.807) is 0 Å². The number of carbonyl (C=O) groups is 1. The van der Waals surface area contributed by atoms with E-state index in [1.807, 2.05) is 0 Å². The lowest BCUT2D eigenvalue weighted by atomic mass is 10.2. The summed E-state index contributed by atoms with van der Waals surface area (Å²) in [4.78, 5) is 25.3. The second-order valence-electron chi connectivity index (χ2n) is 4.02. The Morgan fingerprint density at radius 1 is 1.55 bits per heavy atom. The van der Waals surface area contributed by atoms with Gasteiger partial charge >= 0.3 is 18.0 Å². The SMILES string of the molecule is CCOC(=O)c1nc2c(C(F)(F)F)cc(Br)cn2c1[N+](=O)[O-]. The highest BCUT2D eigenvalue weighted by molar-refractivity contribution is 9.10. The van der Waals surface area contributed by atoms with E-state index < -0.39 is 39.8 Å². The van der Waals surface area contributed by atoms with Crippen LogP contribution in [-0.2, 0) is 10.9 Å². The van der Waals surface area contributed by atoms with Crippen molar-refractivity contribution in [1.82, 2.24) is 9.38 Å². The fraction of sp³-hybridized carbons (Fsp3) is 0.273. The van der Waals surface area contributed by atoms with Gasteiger partial charge in [0.1, 0.15) is 11.8 Å². The molecular formula is C11H7BrF3N3O4. The van der Waals surface area contributed by atoms with Gasteiger partial charge in [0.05, 0.1) is 11.1 Å². The van der Waals surface area contributed by atoms with Crippen molar-refractivity contribution in [3.63, 3.8) is 0 Å². The average molecular weight is 382 g/mol. The van der Waals surface area contributed by atoms with Crippen molar-refractivity contribution in [2.24, 2.45) is 0 Å². The third-order valence-electron chi connectivity index (χ3n) is 2.61. The summed E-state index contributed by atoms with van der Waals surface area (Å²) in [7, 11) is 0. The number of hydrogen-bond donors (Lipinski definition) is 0. The number of esters is 1. The summed E-state index contributed by atoms with van der Waals surface area (Å²) in [6, 6.07) is 0.723. The number of aromatic nitrogens is 2. The summed E-state index contributed by atoms with van der Waals surface area (Å²) in [5.41, 5.74) is -2.73. The number of nitro groups is 1. The molecule has 0 amide bonds. The van der Waals surface area contributed by atoms with E-state index in [1.165, 1.54) is 6.92 Å². The van der Waals surface area contributed by atoms with Gasteiger partial charge in [-0.3, -0.25) is 0 Å². The number of rotatable bonds is 3. The highest BCUT2D eigenvalue weighted by atomic mass is 79.9. The van der Waals surface area contributed by atoms with Gasteiger partial charge in [-0.25, -0.2) is 4.79 Å². The zero-order chi connectivity index (χ0) is 16.7. The van der Waals surface area contributed by atoms with Gasteiger partial charge in [-0.15, -0.1) is 0 Å². The van der Waals surface area contributed by atoms with Crippen LogP contribution in [0.3, 0.4) is 0 Å². The summed E-state index contributed by atoms with van der Waals surface area (Å²) in [5, 5.41) is 11.1. The summed E-state index contributed by atoms with van der Waals surface area (Å²) >= 11 is 2.85. The lowest BCUT2D eigenvalue weighted by Crippen LogP contribution is -2.08. The number of alkyl halides is 3. The molecule has 11 heteroatoms. The summed E-state index contributed by atoms with van der Waals surface area (Å²) in [6.45, 7) is 1.36. The van der Waals surface area contributed by atoms with Gasteiger partial charge < -0.3 is 14.9 Å². The van der Waals surface area contributed by atoms with Crippen molar-refractivity contribution in [3.05, 3.63) is 38.1 Å². The number of ether oxygens (including phenoxy) is 1. The Morgan fingerprint density at radius 3 is 2.68 bits per heavy atom. The van der Waals surface area contributed by atoms with Gasteiger partial charge in [-0.1, -0.05) is 0 Å². The Kier molecular flexibility index (Phi) is 4.09. The molecule has 118 valence electrons. The number of imidazole rings is 1. The topological polar surface area (TPSA) is 86.7 Å². The molecule has 0 radical (unpaired) electrons. The van der Waals surface area contributed by atoms with Crippen LogP contribution in [0.2, 0.25) is 0 Å². The minimum atomic E-state index is -4.80. The van der Waals surface area contributed by atoms with E-state index in [4.69, 9.17) is 0 Å². The van der Waals surface area contributed by atoms with Crippen LogP contribution >= 0.6 is 15.9 Å². The average Bonchev–Trinajstić information content (AvgIpc) is 2.75. The zero-order valence-corrected chi connectivity index (χ0v) is 12.4.